The summed E-state index contributed by atoms with van der Waals surface area (Å²) in [7, 11) is 1.81. The van der Waals surface area contributed by atoms with E-state index in [1.807, 2.05) is 32.2 Å². The monoisotopic (exact) mass is 367 g/mol. The van der Waals surface area contributed by atoms with Gasteiger partial charge in [-0.1, -0.05) is 12.1 Å². The lowest BCUT2D eigenvalue weighted by Crippen LogP contribution is -2.45. The standard InChI is InChI=1S/C20H25N5O2/c1-13-11-18(22-2)24-19(23-13)14-6-8-15(9-7-14)20(27)25-10-4-3-5-16(25)12-17(21)26/h6-9,11,16H,3-5,10,12H2,1-2H3,(H2,21,26)(H,22,23,24)/t16-/m0/s1. The molecule has 3 rings (SSSR count). The van der Waals surface area contributed by atoms with E-state index in [4.69, 9.17) is 5.73 Å². The Morgan fingerprint density at radius 1 is 1.22 bits per heavy atom. The Labute approximate surface area is 159 Å². The molecule has 1 aliphatic heterocycles. The Balaban J connectivity index is 1.81. The number of nitrogens with one attached hydrogen (secondary N) is 1. The molecule has 27 heavy (non-hydrogen) atoms. The number of primary amides is 1. The highest BCUT2D eigenvalue weighted by Crippen LogP contribution is 2.23. The summed E-state index contributed by atoms with van der Waals surface area (Å²) in [5, 5.41) is 3.02. The van der Waals surface area contributed by atoms with Crippen LogP contribution in [0.15, 0.2) is 30.3 Å². The summed E-state index contributed by atoms with van der Waals surface area (Å²) in [4.78, 5) is 35.0. The number of nitrogens with zero attached hydrogens (tertiary/aromatic N) is 3. The van der Waals surface area contributed by atoms with Gasteiger partial charge in [-0.05, 0) is 38.3 Å². The normalized spacial score (nSPS) is 16.8. The largest absolute Gasteiger partial charge is 0.373 e. The third kappa shape index (κ3) is 4.42. The van der Waals surface area contributed by atoms with E-state index in [1.54, 1.807) is 17.0 Å². The van der Waals surface area contributed by atoms with Gasteiger partial charge < -0.3 is 16.0 Å². The van der Waals surface area contributed by atoms with Crippen molar-refractivity contribution in [2.24, 2.45) is 5.73 Å². The third-order valence-corrected chi connectivity index (χ3v) is 4.83. The Morgan fingerprint density at radius 3 is 2.63 bits per heavy atom. The Kier molecular flexibility index (Phi) is 5.69. The number of aryl methyl sites for hydroxylation is 1. The number of benzene rings is 1. The summed E-state index contributed by atoms with van der Waals surface area (Å²) < 4.78 is 0. The lowest BCUT2D eigenvalue weighted by Gasteiger charge is -2.35. The van der Waals surface area contributed by atoms with Crippen LogP contribution in [0.4, 0.5) is 5.82 Å². The van der Waals surface area contributed by atoms with Crippen LogP contribution in [-0.4, -0.2) is 46.3 Å². The van der Waals surface area contributed by atoms with Crippen molar-refractivity contribution < 1.29 is 9.59 Å². The quantitative estimate of drug-likeness (QED) is 0.845. The Bertz CT molecular complexity index is 835. The zero-order valence-electron chi connectivity index (χ0n) is 15.7. The minimum Gasteiger partial charge on any atom is -0.373 e. The van der Waals surface area contributed by atoms with Gasteiger partial charge in [0.25, 0.3) is 5.91 Å². The number of hydrogen-bond acceptors (Lipinski definition) is 5. The summed E-state index contributed by atoms with van der Waals surface area (Å²) in [6, 6.07) is 9.05. The van der Waals surface area contributed by atoms with Gasteiger partial charge >= 0.3 is 0 Å². The van der Waals surface area contributed by atoms with Crippen molar-refractivity contribution in [2.75, 3.05) is 18.9 Å². The van der Waals surface area contributed by atoms with Crippen molar-refractivity contribution in [3.05, 3.63) is 41.6 Å². The molecule has 0 aliphatic carbocycles. The highest BCUT2D eigenvalue weighted by Gasteiger charge is 2.28. The minimum atomic E-state index is -0.369. The molecule has 1 atom stereocenters. The first-order valence-corrected chi connectivity index (χ1v) is 9.21. The lowest BCUT2D eigenvalue weighted by atomic mass is 9.97. The van der Waals surface area contributed by atoms with Crippen molar-refractivity contribution in [1.82, 2.24) is 14.9 Å². The predicted molar refractivity (Wildman–Crippen MR) is 104 cm³/mol. The molecule has 0 unspecified atom stereocenters. The average Bonchev–Trinajstić information content (AvgIpc) is 2.67. The molecule has 1 aliphatic rings. The van der Waals surface area contributed by atoms with Crippen LogP contribution in [0.1, 0.15) is 41.7 Å². The number of rotatable bonds is 5. The second kappa shape index (κ2) is 8.16. The molecule has 7 nitrogen and oxygen atoms in total. The molecule has 1 saturated heterocycles. The molecule has 1 aromatic heterocycles. The van der Waals surface area contributed by atoms with Crippen LogP contribution in [0.2, 0.25) is 0 Å². The van der Waals surface area contributed by atoms with E-state index in [-0.39, 0.29) is 24.3 Å². The summed E-state index contributed by atoms with van der Waals surface area (Å²) in [5.41, 5.74) is 7.66. The molecule has 3 N–H and O–H groups in total. The van der Waals surface area contributed by atoms with Gasteiger partial charge in [0.2, 0.25) is 5.91 Å². The SMILES string of the molecule is CNc1cc(C)nc(-c2ccc(C(=O)N3CCCC[C@H]3CC(N)=O)cc2)n1. The minimum absolute atomic E-state index is 0.0615. The van der Waals surface area contributed by atoms with Gasteiger partial charge in [0.15, 0.2) is 5.82 Å². The molecule has 142 valence electrons. The van der Waals surface area contributed by atoms with E-state index in [1.165, 1.54) is 0 Å². The first-order valence-electron chi connectivity index (χ1n) is 9.21. The van der Waals surface area contributed by atoms with Gasteiger partial charge in [0.1, 0.15) is 5.82 Å². The predicted octanol–water partition coefficient (Wildman–Crippen LogP) is 2.36. The summed E-state index contributed by atoms with van der Waals surface area (Å²) in [5.74, 6) is 0.934. The van der Waals surface area contributed by atoms with Gasteiger partial charge in [-0.3, -0.25) is 9.59 Å². The zero-order chi connectivity index (χ0) is 19.4. The van der Waals surface area contributed by atoms with Gasteiger partial charge in [0.05, 0.1) is 0 Å². The highest BCUT2D eigenvalue weighted by molar-refractivity contribution is 5.95. The van der Waals surface area contributed by atoms with Crippen molar-refractivity contribution in [3.63, 3.8) is 0 Å². The molecule has 1 fully saturated rings. The topological polar surface area (TPSA) is 101 Å². The molecule has 1 aromatic carbocycles. The van der Waals surface area contributed by atoms with Gasteiger partial charge in [-0.25, -0.2) is 9.97 Å². The second-order valence-electron chi connectivity index (χ2n) is 6.86. The van der Waals surface area contributed by atoms with Crippen molar-refractivity contribution in [2.45, 2.75) is 38.6 Å². The van der Waals surface area contributed by atoms with Crippen LogP contribution in [0.25, 0.3) is 11.4 Å². The van der Waals surface area contributed by atoms with Crippen LogP contribution in [0.3, 0.4) is 0 Å². The van der Waals surface area contributed by atoms with Crippen molar-refractivity contribution in [3.8, 4) is 11.4 Å². The van der Waals surface area contributed by atoms with E-state index in [0.29, 0.717) is 17.9 Å². The highest BCUT2D eigenvalue weighted by atomic mass is 16.2. The molecule has 7 heteroatoms. The fourth-order valence-electron chi connectivity index (χ4n) is 3.47. The van der Waals surface area contributed by atoms with Crippen molar-refractivity contribution >= 4 is 17.6 Å². The first kappa shape index (κ1) is 18.8. The van der Waals surface area contributed by atoms with E-state index < -0.39 is 0 Å². The van der Waals surface area contributed by atoms with Gasteiger partial charge in [-0.15, -0.1) is 0 Å². The number of piperidine rings is 1. The maximum Gasteiger partial charge on any atom is 0.254 e. The molecule has 2 heterocycles. The molecule has 0 spiro atoms. The van der Waals surface area contributed by atoms with E-state index >= 15 is 0 Å². The van der Waals surface area contributed by atoms with Crippen LogP contribution in [0, 0.1) is 6.92 Å². The van der Waals surface area contributed by atoms with Crippen LogP contribution in [-0.2, 0) is 4.79 Å². The maximum absolute atomic E-state index is 12.9. The molecule has 0 saturated carbocycles. The van der Waals surface area contributed by atoms with Gasteiger partial charge in [0, 0.05) is 48.9 Å². The number of aromatic nitrogens is 2. The van der Waals surface area contributed by atoms with Crippen LogP contribution >= 0.6 is 0 Å². The third-order valence-electron chi connectivity index (χ3n) is 4.83. The van der Waals surface area contributed by atoms with Crippen molar-refractivity contribution in [1.29, 1.82) is 0 Å². The second-order valence-corrected chi connectivity index (χ2v) is 6.86. The maximum atomic E-state index is 12.9. The van der Waals surface area contributed by atoms with E-state index in [0.717, 1.165) is 36.3 Å². The molecule has 0 bridgehead atoms. The Hall–Kier alpha value is -2.96. The lowest BCUT2D eigenvalue weighted by molar-refractivity contribution is -0.119. The number of hydrogen-bond donors (Lipinski definition) is 2. The van der Waals surface area contributed by atoms with E-state index in [2.05, 4.69) is 15.3 Å². The number of amides is 2. The first-order chi connectivity index (χ1) is 13.0. The molecule has 2 amide bonds. The summed E-state index contributed by atoms with van der Waals surface area (Å²) >= 11 is 0. The zero-order valence-corrected chi connectivity index (χ0v) is 15.7. The molecular formula is C20H25N5O2. The fourth-order valence-corrected chi connectivity index (χ4v) is 3.47. The number of carbonyl (C=O) groups is 2. The van der Waals surface area contributed by atoms with E-state index in [9.17, 15) is 9.59 Å². The molecular weight excluding hydrogens is 342 g/mol. The fraction of sp³-hybridized carbons (Fsp3) is 0.400. The number of carbonyl (C=O) groups excluding carboxylic acids is 2. The smallest absolute Gasteiger partial charge is 0.254 e. The molecule has 2 aromatic rings. The number of nitrogens with two attached hydrogens (primary N) is 1. The number of anilines is 1. The van der Waals surface area contributed by atoms with Crippen LogP contribution < -0.4 is 11.1 Å². The van der Waals surface area contributed by atoms with Crippen LogP contribution in [0.5, 0.6) is 0 Å². The summed E-state index contributed by atoms with van der Waals surface area (Å²) in [6.45, 7) is 2.57. The van der Waals surface area contributed by atoms with Gasteiger partial charge in [-0.2, -0.15) is 0 Å². The summed E-state index contributed by atoms with van der Waals surface area (Å²) in [6.07, 6.45) is 2.99. The number of likely N-dealkylation sites (tertiary alicyclic amines) is 1. The average molecular weight is 367 g/mol. The molecule has 0 radical (unpaired) electrons. The Morgan fingerprint density at radius 2 is 1.96 bits per heavy atom.